The van der Waals surface area contributed by atoms with Crippen LogP contribution in [0.4, 0.5) is 0 Å². The molecule has 1 heterocycles. The van der Waals surface area contributed by atoms with Crippen LogP contribution in [0.25, 0.3) is 0 Å². The lowest BCUT2D eigenvalue weighted by molar-refractivity contribution is -0.138. The summed E-state index contributed by atoms with van der Waals surface area (Å²) in [7, 11) is 0. The molecule has 0 aromatic heterocycles. The molecule has 0 unspecified atom stereocenters. The monoisotopic (exact) mass is 184 g/mol. The molecule has 0 spiro atoms. The standard InChI is InChI=1S/C12H8O2/c1-2-3-4-5-6-7-8-11-9-10-12(13)14-11/h9-11H,8H2,1H3/t11-/m1/s1. The van der Waals surface area contributed by atoms with Crippen molar-refractivity contribution >= 4 is 5.97 Å². The van der Waals surface area contributed by atoms with Crippen LogP contribution in [0.1, 0.15) is 13.3 Å². The molecule has 2 nitrogen and oxygen atoms in total. The Bertz CT molecular complexity index is 424. The molecule has 0 saturated heterocycles. The molecule has 68 valence electrons. The van der Waals surface area contributed by atoms with Gasteiger partial charge in [-0.2, -0.15) is 0 Å². The lowest BCUT2D eigenvalue weighted by Crippen LogP contribution is -2.05. The highest BCUT2D eigenvalue weighted by molar-refractivity contribution is 5.84. The topological polar surface area (TPSA) is 26.3 Å². The van der Waals surface area contributed by atoms with Crippen LogP contribution in [-0.2, 0) is 9.53 Å². The number of rotatable bonds is 1. The van der Waals surface area contributed by atoms with Gasteiger partial charge in [0, 0.05) is 6.08 Å². The minimum absolute atomic E-state index is 0.214. The molecule has 0 fully saturated rings. The van der Waals surface area contributed by atoms with Crippen LogP contribution >= 0.6 is 0 Å². The van der Waals surface area contributed by atoms with E-state index in [0.29, 0.717) is 6.42 Å². The fourth-order valence-corrected chi connectivity index (χ4v) is 0.844. The van der Waals surface area contributed by atoms with E-state index in [-0.39, 0.29) is 12.1 Å². The van der Waals surface area contributed by atoms with Crippen molar-refractivity contribution in [2.45, 2.75) is 19.4 Å². The summed E-state index contributed by atoms with van der Waals surface area (Å²) >= 11 is 0. The summed E-state index contributed by atoms with van der Waals surface area (Å²) in [5.41, 5.74) is 0. The van der Waals surface area contributed by atoms with Gasteiger partial charge in [-0.15, -0.1) is 0 Å². The molecule has 0 aromatic rings. The summed E-state index contributed by atoms with van der Waals surface area (Å²) in [4.78, 5) is 10.6. The average molecular weight is 184 g/mol. The van der Waals surface area contributed by atoms with E-state index in [0.717, 1.165) is 0 Å². The average Bonchev–Trinajstić information content (AvgIpc) is 2.58. The zero-order chi connectivity index (χ0) is 10.2. The van der Waals surface area contributed by atoms with Crippen molar-refractivity contribution in [2.24, 2.45) is 0 Å². The molecule has 0 aromatic carbocycles. The Kier molecular flexibility index (Phi) is 3.93. The molecule has 1 aliphatic heterocycles. The third-order valence-electron chi connectivity index (χ3n) is 1.42. The molecule has 1 aliphatic rings. The van der Waals surface area contributed by atoms with Crippen molar-refractivity contribution < 1.29 is 9.53 Å². The molecule has 0 N–H and O–H groups in total. The van der Waals surface area contributed by atoms with Crippen LogP contribution in [-0.4, -0.2) is 12.1 Å². The van der Waals surface area contributed by atoms with Crippen LogP contribution in [0, 0.1) is 35.5 Å². The van der Waals surface area contributed by atoms with Crippen LogP contribution in [0.3, 0.4) is 0 Å². The molecular formula is C12H8O2. The maximum absolute atomic E-state index is 10.6. The number of cyclic esters (lactones) is 1. The molecule has 1 atom stereocenters. The predicted octanol–water partition coefficient (Wildman–Crippen LogP) is 0.888. The van der Waals surface area contributed by atoms with Crippen molar-refractivity contribution in [3.63, 3.8) is 0 Å². The smallest absolute Gasteiger partial charge is 0.331 e. The fourth-order valence-electron chi connectivity index (χ4n) is 0.844. The van der Waals surface area contributed by atoms with Gasteiger partial charge in [0.2, 0.25) is 0 Å². The van der Waals surface area contributed by atoms with Crippen molar-refractivity contribution in [1.29, 1.82) is 0 Å². The lowest BCUT2D eigenvalue weighted by Gasteiger charge is -2.01. The Hall–Kier alpha value is -2.11. The van der Waals surface area contributed by atoms with Gasteiger partial charge >= 0.3 is 5.97 Å². The molecule has 2 heteroatoms. The Morgan fingerprint density at radius 1 is 1.36 bits per heavy atom. The van der Waals surface area contributed by atoms with Crippen molar-refractivity contribution in [1.82, 2.24) is 0 Å². The van der Waals surface area contributed by atoms with Crippen LogP contribution in [0.2, 0.25) is 0 Å². The van der Waals surface area contributed by atoms with Crippen molar-refractivity contribution in [3.05, 3.63) is 12.2 Å². The Balaban J connectivity index is 2.33. The summed E-state index contributed by atoms with van der Waals surface area (Å²) in [5, 5.41) is 0. The number of hydrogen-bond acceptors (Lipinski definition) is 2. The molecule has 1 rings (SSSR count). The van der Waals surface area contributed by atoms with Crippen LogP contribution < -0.4 is 0 Å². The first-order valence-corrected chi connectivity index (χ1v) is 4.11. The summed E-state index contributed by atoms with van der Waals surface area (Å²) in [6.07, 6.45) is 3.36. The van der Waals surface area contributed by atoms with E-state index >= 15 is 0 Å². The fraction of sp³-hybridized carbons (Fsp3) is 0.250. The summed E-state index contributed by atoms with van der Waals surface area (Å²) in [6.45, 7) is 1.71. The van der Waals surface area contributed by atoms with Gasteiger partial charge in [0.05, 0.1) is 6.42 Å². The summed E-state index contributed by atoms with van der Waals surface area (Å²) in [5.74, 6) is 15.4. The largest absolute Gasteiger partial charge is 0.454 e. The van der Waals surface area contributed by atoms with E-state index in [1.807, 2.05) is 0 Å². The molecule has 0 bridgehead atoms. The quantitative estimate of drug-likeness (QED) is 0.447. The van der Waals surface area contributed by atoms with Gasteiger partial charge in [-0.1, -0.05) is 11.8 Å². The number of ether oxygens (including phenoxy) is 1. The first-order valence-electron chi connectivity index (χ1n) is 4.11. The van der Waals surface area contributed by atoms with Crippen LogP contribution in [0.15, 0.2) is 12.2 Å². The normalized spacial score (nSPS) is 16.6. The molecule has 0 saturated carbocycles. The minimum atomic E-state index is -0.306. The number of hydrogen-bond donors (Lipinski definition) is 0. The minimum Gasteiger partial charge on any atom is -0.454 e. The first kappa shape index (κ1) is 9.97. The molecule has 14 heavy (non-hydrogen) atoms. The van der Waals surface area contributed by atoms with E-state index in [2.05, 4.69) is 35.5 Å². The SMILES string of the molecule is CC#CC#CC#CC[C@@H]1C=CC(=O)O1. The van der Waals surface area contributed by atoms with Crippen molar-refractivity contribution in [3.8, 4) is 35.5 Å². The number of carbonyl (C=O) groups is 1. The predicted molar refractivity (Wildman–Crippen MR) is 52.6 cm³/mol. The second kappa shape index (κ2) is 5.52. The Morgan fingerprint density at radius 3 is 2.79 bits per heavy atom. The second-order valence-electron chi connectivity index (χ2n) is 2.47. The summed E-state index contributed by atoms with van der Waals surface area (Å²) < 4.78 is 4.86. The van der Waals surface area contributed by atoms with Gasteiger partial charge in [-0.3, -0.25) is 0 Å². The highest BCUT2D eigenvalue weighted by atomic mass is 16.5. The van der Waals surface area contributed by atoms with Gasteiger partial charge in [0.15, 0.2) is 0 Å². The third kappa shape index (κ3) is 3.53. The van der Waals surface area contributed by atoms with E-state index in [1.54, 1.807) is 13.0 Å². The molecule has 0 radical (unpaired) electrons. The van der Waals surface area contributed by atoms with E-state index in [9.17, 15) is 4.79 Å². The van der Waals surface area contributed by atoms with Crippen molar-refractivity contribution in [2.75, 3.05) is 0 Å². The van der Waals surface area contributed by atoms with E-state index < -0.39 is 0 Å². The maximum Gasteiger partial charge on any atom is 0.331 e. The highest BCUT2D eigenvalue weighted by Crippen LogP contribution is 2.07. The lowest BCUT2D eigenvalue weighted by atomic mass is 10.2. The Morgan fingerprint density at radius 2 is 2.14 bits per heavy atom. The molecule has 0 amide bonds. The summed E-state index contributed by atoms with van der Waals surface area (Å²) in [6, 6.07) is 0. The van der Waals surface area contributed by atoms with E-state index in [1.165, 1.54) is 6.08 Å². The highest BCUT2D eigenvalue weighted by Gasteiger charge is 2.14. The zero-order valence-corrected chi connectivity index (χ0v) is 7.76. The van der Waals surface area contributed by atoms with Gasteiger partial charge in [-0.25, -0.2) is 4.79 Å². The van der Waals surface area contributed by atoms with Crippen LogP contribution in [0.5, 0.6) is 0 Å². The zero-order valence-electron chi connectivity index (χ0n) is 7.76. The van der Waals surface area contributed by atoms with Gasteiger partial charge in [-0.05, 0) is 36.7 Å². The number of esters is 1. The maximum atomic E-state index is 10.6. The van der Waals surface area contributed by atoms with Gasteiger partial charge in [0.25, 0.3) is 0 Å². The molecular weight excluding hydrogens is 176 g/mol. The third-order valence-corrected chi connectivity index (χ3v) is 1.42. The van der Waals surface area contributed by atoms with Gasteiger partial charge in [0.1, 0.15) is 6.10 Å². The number of carbonyl (C=O) groups excluding carboxylic acids is 1. The van der Waals surface area contributed by atoms with Gasteiger partial charge < -0.3 is 4.74 Å². The molecule has 0 aliphatic carbocycles. The Labute approximate surface area is 83.3 Å². The second-order valence-corrected chi connectivity index (χ2v) is 2.47. The first-order chi connectivity index (χ1) is 6.83. The van der Waals surface area contributed by atoms with E-state index in [4.69, 9.17) is 4.74 Å².